The van der Waals surface area contributed by atoms with Crippen LogP contribution < -0.4 is 0 Å². The standard InChI is InChI=1S/C20H21N3O3/c1-22-18-10-6-5-9-16(18)17(21-22)13-19(24)23(14-20(25)26)12-11-15-7-3-2-4-8-15/h2-10H,11-14H2,1H3,(H,25,26). The highest BCUT2D eigenvalue weighted by atomic mass is 16.4. The van der Waals surface area contributed by atoms with E-state index in [2.05, 4.69) is 5.10 Å². The van der Waals surface area contributed by atoms with Gasteiger partial charge in [-0.2, -0.15) is 5.10 Å². The van der Waals surface area contributed by atoms with Crippen molar-refractivity contribution in [2.45, 2.75) is 12.8 Å². The Morgan fingerprint density at radius 3 is 2.50 bits per heavy atom. The molecule has 0 bridgehead atoms. The van der Waals surface area contributed by atoms with Crippen LogP contribution in [0.1, 0.15) is 11.3 Å². The highest BCUT2D eigenvalue weighted by molar-refractivity contribution is 5.89. The molecule has 134 valence electrons. The number of fused-ring (bicyclic) bond motifs is 1. The van der Waals surface area contributed by atoms with E-state index in [4.69, 9.17) is 5.11 Å². The van der Waals surface area contributed by atoms with E-state index < -0.39 is 5.97 Å². The van der Waals surface area contributed by atoms with Gasteiger partial charge in [-0.25, -0.2) is 0 Å². The Morgan fingerprint density at radius 1 is 1.08 bits per heavy atom. The molecule has 1 N–H and O–H groups in total. The Kier molecular flexibility index (Phi) is 5.31. The molecule has 0 aliphatic heterocycles. The van der Waals surface area contributed by atoms with Gasteiger partial charge in [0.15, 0.2) is 0 Å². The first-order chi connectivity index (χ1) is 12.5. The lowest BCUT2D eigenvalue weighted by Crippen LogP contribution is -2.38. The number of rotatable bonds is 7. The molecule has 6 nitrogen and oxygen atoms in total. The van der Waals surface area contributed by atoms with E-state index in [0.29, 0.717) is 18.7 Å². The number of hydrogen-bond donors (Lipinski definition) is 1. The van der Waals surface area contributed by atoms with Gasteiger partial charge in [0.2, 0.25) is 5.91 Å². The molecule has 1 amide bonds. The largest absolute Gasteiger partial charge is 0.480 e. The Labute approximate surface area is 151 Å². The number of carboxylic acid groups (broad SMARTS) is 1. The first kappa shape index (κ1) is 17.7. The molecule has 0 fully saturated rings. The van der Waals surface area contributed by atoms with E-state index >= 15 is 0 Å². The Morgan fingerprint density at radius 2 is 1.77 bits per heavy atom. The lowest BCUT2D eigenvalue weighted by Gasteiger charge is -2.20. The summed E-state index contributed by atoms with van der Waals surface area (Å²) in [5.41, 5.74) is 2.69. The molecular formula is C20H21N3O3. The molecule has 3 aromatic rings. The van der Waals surface area contributed by atoms with Gasteiger partial charge in [0.05, 0.1) is 17.6 Å². The van der Waals surface area contributed by atoms with Crippen LogP contribution in [0.4, 0.5) is 0 Å². The van der Waals surface area contributed by atoms with Crippen LogP contribution in [-0.4, -0.2) is 44.8 Å². The topological polar surface area (TPSA) is 75.4 Å². The number of benzene rings is 2. The SMILES string of the molecule is Cn1nc(CC(=O)N(CCc2ccccc2)CC(=O)O)c2ccccc21. The van der Waals surface area contributed by atoms with Crippen LogP contribution in [-0.2, 0) is 29.5 Å². The summed E-state index contributed by atoms with van der Waals surface area (Å²) in [7, 11) is 1.83. The van der Waals surface area contributed by atoms with Crippen LogP contribution >= 0.6 is 0 Å². The van der Waals surface area contributed by atoms with E-state index in [1.807, 2.05) is 61.6 Å². The van der Waals surface area contributed by atoms with Gasteiger partial charge in [0, 0.05) is 19.0 Å². The molecule has 0 spiro atoms. The van der Waals surface area contributed by atoms with Crippen LogP contribution in [0.3, 0.4) is 0 Å². The second-order valence-electron chi connectivity index (χ2n) is 6.21. The fourth-order valence-electron chi connectivity index (χ4n) is 3.04. The highest BCUT2D eigenvalue weighted by Crippen LogP contribution is 2.18. The van der Waals surface area contributed by atoms with Gasteiger partial charge in [0.1, 0.15) is 6.54 Å². The number of aryl methyl sites for hydroxylation is 1. The number of carboxylic acids is 1. The highest BCUT2D eigenvalue weighted by Gasteiger charge is 2.20. The molecule has 26 heavy (non-hydrogen) atoms. The molecule has 0 aliphatic rings. The minimum Gasteiger partial charge on any atom is -0.480 e. The van der Waals surface area contributed by atoms with Crippen molar-refractivity contribution in [3.05, 3.63) is 65.9 Å². The normalized spacial score (nSPS) is 10.8. The number of nitrogens with zero attached hydrogens (tertiary/aromatic N) is 3. The Bertz CT molecular complexity index is 918. The van der Waals surface area contributed by atoms with Crippen molar-refractivity contribution in [2.75, 3.05) is 13.1 Å². The van der Waals surface area contributed by atoms with Crippen molar-refractivity contribution in [1.82, 2.24) is 14.7 Å². The molecule has 0 aliphatic carbocycles. The summed E-state index contributed by atoms with van der Waals surface area (Å²) in [5, 5.41) is 14.5. The van der Waals surface area contributed by atoms with Gasteiger partial charge >= 0.3 is 5.97 Å². The fraction of sp³-hybridized carbons (Fsp3) is 0.250. The van der Waals surface area contributed by atoms with Gasteiger partial charge in [0.25, 0.3) is 0 Å². The van der Waals surface area contributed by atoms with Crippen LogP contribution in [0.25, 0.3) is 10.9 Å². The molecule has 0 unspecified atom stereocenters. The van der Waals surface area contributed by atoms with Crippen molar-refractivity contribution in [3.63, 3.8) is 0 Å². The van der Waals surface area contributed by atoms with Crippen LogP contribution in [0.2, 0.25) is 0 Å². The van der Waals surface area contributed by atoms with Crippen LogP contribution in [0.5, 0.6) is 0 Å². The summed E-state index contributed by atoms with van der Waals surface area (Å²) in [6.45, 7) is 0.0519. The van der Waals surface area contributed by atoms with E-state index in [0.717, 1.165) is 16.5 Å². The maximum atomic E-state index is 12.7. The third-order valence-corrected chi connectivity index (χ3v) is 4.35. The van der Waals surface area contributed by atoms with E-state index in [9.17, 15) is 9.59 Å². The Hall–Kier alpha value is -3.15. The molecule has 6 heteroatoms. The fourth-order valence-corrected chi connectivity index (χ4v) is 3.04. The van der Waals surface area contributed by atoms with Gasteiger partial charge < -0.3 is 10.0 Å². The summed E-state index contributed by atoms with van der Waals surface area (Å²) >= 11 is 0. The molecule has 1 aromatic heterocycles. The number of aliphatic carboxylic acids is 1. The second-order valence-corrected chi connectivity index (χ2v) is 6.21. The quantitative estimate of drug-likeness (QED) is 0.708. The minimum atomic E-state index is -1.02. The smallest absolute Gasteiger partial charge is 0.323 e. The summed E-state index contributed by atoms with van der Waals surface area (Å²) in [4.78, 5) is 25.3. The number of aromatic nitrogens is 2. The van der Waals surface area contributed by atoms with Crippen LogP contribution in [0, 0.1) is 0 Å². The molecular weight excluding hydrogens is 330 g/mol. The van der Waals surface area contributed by atoms with Crippen molar-refractivity contribution < 1.29 is 14.7 Å². The first-order valence-electron chi connectivity index (χ1n) is 8.48. The maximum Gasteiger partial charge on any atom is 0.323 e. The molecule has 0 radical (unpaired) electrons. The number of amides is 1. The predicted octanol–water partition coefficient (Wildman–Crippen LogP) is 2.27. The van der Waals surface area contributed by atoms with E-state index in [1.165, 1.54) is 4.90 Å². The average molecular weight is 351 g/mol. The van der Waals surface area contributed by atoms with Gasteiger partial charge in [-0.3, -0.25) is 14.3 Å². The average Bonchev–Trinajstić information content (AvgIpc) is 2.95. The summed E-state index contributed by atoms with van der Waals surface area (Å²) in [6, 6.07) is 17.4. The van der Waals surface area contributed by atoms with Crippen molar-refractivity contribution in [3.8, 4) is 0 Å². The summed E-state index contributed by atoms with van der Waals surface area (Å²) in [6.07, 6.45) is 0.701. The first-order valence-corrected chi connectivity index (χ1v) is 8.48. The summed E-state index contributed by atoms with van der Waals surface area (Å²) < 4.78 is 1.74. The lowest BCUT2D eigenvalue weighted by molar-refractivity contribution is -0.144. The molecule has 0 saturated carbocycles. The third kappa shape index (κ3) is 4.08. The second kappa shape index (κ2) is 7.82. The van der Waals surface area contributed by atoms with E-state index in [1.54, 1.807) is 4.68 Å². The van der Waals surface area contributed by atoms with Gasteiger partial charge in [-0.15, -0.1) is 0 Å². The van der Waals surface area contributed by atoms with Crippen molar-refractivity contribution >= 4 is 22.8 Å². The molecule has 0 atom stereocenters. The number of hydrogen-bond acceptors (Lipinski definition) is 3. The number of para-hydroxylation sites is 1. The molecule has 3 rings (SSSR count). The Balaban J connectivity index is 1.75. The minimum absolute atomic E-state index is 0.0867. The van der Waals surface area contributed by atoms with Gasteiger partial charge in [-0.05, 0) is 18.1 Å². The monoisotopic (exact) mass is 351 g/mol. The zero-order valence-corrected chi connectivity index (χ0v) is 14.6. The number of carbonyl (C=O) groups is 2. The maximum absolute atomic E-state index is 12.7. The summed E-state index contributed by atoms with van der Waals surface area (Å²) in [5.74, 6) is -1.25. The molecule has 0 saturated heterocycles. The van der Waals surface area contributed by atoms with Crippen LogP contribution in [0.15, 0.2) is 54.6 Å². The van der Waals surface area contributed by atoms with E-state index in [-0.39, 0.29) is 18.9 Å². The van der Waals surface area contributed by atoms with Crippen molar-refractivity contribution in [1.29, 1.82) is 0 Å². The molecule has 2 aromatic carbocycles. The zero-order valence-electron chi connectivity index (χ0n) is 14.6. The van der Waals surface area contributed by atoms with Crippen molar-refractivity contribution in [2.24, 2.45) is 7.05 Å². The third-order valence-electron chi connectivity index (χ3n) is 4.35. The molecule has 1 heterocycles. The van der Waals surface area contributed by atoms with Gasteiger partial charge in [-0.1, -0.05) is 48.5 Å². The predicted molar refractivity (Wildman–Crippen MR) is 98.8 cm³/mol. The lowest BCUT2D eigenvalue weighted by atomic mass is 10.1. The zero-order chi connectivity index (χ0) is 18.5. The number of carbonyl (C=O) groups excluding carboxylic acids is 1.